The molecule has 0 spiro atoms. The topological polar surface area (TPSA) is 29.1 Å². The van der Waals surface area contributed by atoms with Crippen molar-refractivity contribution in [3.8, 4) is 0 Å². The van der Waals surface area contributed by atoms with E-state index in [2.05, 4.69) is 21.2 Å². The summed E-state index contributed by atoms with van der Waals surface area (Å²) in [5.41, 5.74) is 1.48. The molecule has 2 aromatic carbocycles. The molecule has 2 rings (SSSR count). The van der Waals surface area contributed by atoms with Crippen molar-refractivity contribution in [2.75, 3.05) is 11.9 Å². The molecule has 0 atom stereocenters. The molecule has 5 heteroatoms. The van der Waals surface area contributed by atoms with Gasteiger partial charge in [-0.05, 0) is 30.3 Å². The number of hydrogen-bond donors (Lipinski definition) is 1. The molecule has 0 aliphatic rings. The van der Waals surface area contributed by atoms with E-state index < -0.39 is 0 Å². The number of ketones is 1. The molecule has 1 N–H and O–H groups in total. The molecule has 2 nitrogen and oxygen atoms in total. The van der Waals surface area contributed by atoms with Crippen LogP contribution in [0.3, 0.4) is 0 Å². The highest BCUT2D eigenvalue weighted by Crippen LogP contribution is 2.25. The first-order chi connectivity index (χ1) is 9.56. The van der Waals surface area contributed by atoms with Crippen LogP contribution in [0.25, 0.3) is 0 Å². The normalized spacial score (nSPS) is 10.3. The van der Waals surface area contributed by atoms with Crippen molar-refractivity contribution >= 4 is 50.6 Å². The summed E-state index contributed by atoms with van der Waals surface area (Å²) in [6, 6.07) is 12.6. The number of nitrogens with one attached hydrogen (secondary N) is 1. The second kappa shape index (κ2) is 7.11. The Hall–Kier alpha value is -1.03. The van der Waals surface area contributed by atoms with E-state index in [9.17, 15) is 4.79 Å². The van der Waals surface area contributed by atoms with Crippen molar-refractivity contribution in [2.24, 2.45) is 0 Å². The van der Waals surface area contributed by atoms with E-state index in [1.807, 2.05) is 24.3 Å². The van der Waals surface area contributed by atoms with E-state index in [1.54, 1.807) is 18.2 Å². The van der Waals surface area contributed by atoms with Crippen molar-refractivity contribution in [1.82, 2.24) is 0 Å². The van der Waals surface area contributed by atoms with Crippen LogP contribution in [-0.2, 0) is 0 Å². The van der Waals surface area contributed by atoms with Gasteiger partial charge < -0.3 is 5.32 Å². The van der Waals surface area contributed by atoms with Crippen molar-refractivity contribution < 1.29 is 4.79 Å². The number of carbonyl (C=O) groups is 1. The summed E-state index contributed by atoms with van der Waals surface area (Å²) in [4.78, 5) is 12.0. The zero-order valence-electron chi connectivity index (χ0n) is 10.5. The van der Waals surface area contributed by atoms with Gasteiger partial charge in [-0.1, -0.05) is 51.3 Å². The van der Waals surface area contributed by atoms with Crippen LogP contribution in [-0.4, -0.2) is 12.3 Å². The van der Waals surface area contributed by atoms with Crippen LogP contribution < -0.4 is 5.32 Å². The highest BCUT2D eigenvalue weighted by Gasteiger charge is 2.06. The second-order valence-corrected chi connectivity index (χ2v) is 5.99. The monoisotopic (exact) mass is 371 g/mol. The van der Waals surface area contributed by atoms with Crippen molar-refractivity contribution in [2.45, 2.75) is 6.42 Å². The second-order valence-electron chi connectivity index (χ2n) is 4.23. The van der Waals surface area contributed by atoms with Gasteiger partial charge in [-0.25, -0.2) is 0 Å². The Morgan fingerprint density at radius 3 is 2.45 bits per heavy atom. The van der Waals surface area contributed by atoms with E-state index in [1.165, 1.54) is 0 Å². The lowest BCUT2D eigenvalue weighted by molar-refractivity contribution is 0.0986. The Kier molecular flexibility index (Phi) is 5.46. The van der Waals surface area contributed by atoms with Crippen LogP contribution in [0.5, 0.6) is 0 Å². The van der Waals surface area contributed by atoms with Crippen LogP contribution in [0, 0.1) is 0 Å². The third-order valence-electron chi connectivity index (χ3n) is 2.76. The fourth-order valence-corrected chi connectivity index (χ4v) is 2.46. The van der Waals surface area contributed by atoms with Crippen molar-refractivity contribution in [1.29, 1.82) is 0 Å². The molecule has 0 saturated carbocycles. The Morgan fingerprint density at radius 2 is 1.80 bits per heavy atom. The van der Waals surface area contributed by atoms with Crippen LogP contribution in [0.1, 0.15) is 16.8 Å². The number of carbonyl (C=O) groups excluding carboxylic acids is 1. The highest BCUT2D eigenvalue weighted by atomic mass is 79.9. The van der Waals surface area contributed by atoms with Gasteiger partial charge in [0.2, 0.25) is 0 Å². The third kappa shape index (κ3) is 4.23. The molecule has 0 aliphatic carbocycles. The molecule has 20 heavy (non-hydrogen) atoms. The van der Waals surface area contributed by atoms with Gasteiger partial charge in [0, 0.05) is 28.0 Å². The maximum atomic E-state index is 12.0. The fourth-order valence-electron chi connectivity index (χ4n) is 1.72. The van der Waals surface area contributed by atoms with Gasteiger partial charge in [0.15, 0.2) is 5.78 Å². The minimum atomic E-state index is 0.0927. The first-order valence-electron chi connectivity index (χ1n) is 6.04. The lowest BCUT2D eigenvalue weighted by atomic mass is 10.1. The lowest BCUT2D eigenvalue weighted by Gasteiger charge is -2.08. The number of rotatable bonds is 5. The summed E-state index contributed by atoms with van der Waals surface area (Å²) in [7, 11) is 0. The molecule has 0 aliphatic heterocycles. The lowest BCUT2D eigenvalue weighted by Crippen LogP contribution is -2.09. The molecule has 0 saturated heterocycles. The summed E-state index contributed by atoms with van der Waals surface area (Å²) >= 11 is 15.2. The minimum absolute atomic E-state index is 0.0927. The summed E-state index contributed by atoms with van der Waals surface area (Å²) in [5.74, 6) is 0.0927. The summed E-state index contributed by atoms with van der Waals surface area (Å²) in [5, 5.41) is 4.27. The first-order valence-corrected chi connectivity index (χ1v) is 7.59. The number of hydrogen-bond acceptors (Lipinski definition) is 2. The number of anilines is 1. The zero-order chi connectivity index (χ0) is 14.5. The van der Waals surface area contributed by atoms with Gasteiger partial charge >= 0.3 is 0 Å². The molecule has 0 bridgehead atoms. The van der Waals surface area contributed by atoms with E-state index in [-0.39, 0.29) is 5.78 Å². The molecule has 0 heterocycles. The number of benzene rings is 2. The molecular formula is C15H12BrCl2NO. The van der Waals surface area contributed by atoms with Gasteiger partial charge in [0.25, 0.3) is 0 Å². The quantitative estimate of drug-likeness (QED) is 0.708. The van der Waals surface area contributed by atoms with E-state index in [4.69, 9.17) is 23.2 Å². The van der Waals surface area contributed by atoms with Crippen LogP contribution in [0.4, 0.5) is 5.69 Å². The SMILES string of the molecule is O=C(CCNc1ccc(Cl)cc1Cl)c1ccc(Br)cc1. The van der Waals surface area contributed by atoms with Gasteiger partial charge in [0.05, 0.1) is 10.7 Å². The molecule has 104 valence electrons. The van der Waals surface area contributed by atoms with E-state index in [0.29, 0.717) is 28.6 Å². The Bertz CT molecular complexity index is 614. The summed E-state index contributed by atoms with van der Waals surface area (Å²) in [6.45, 7) is 0.524. The molecule has 2 aromatic rings. The Morgan fingerprint density at radius 1 is 1.10 bits per heavy atom. The Balaban J connectivity index is 1.89. The zero-order valence-corrected chi connectivity index (χ0v) is 13.6. The third-order valence-corrected chi connectivity index (χ3v) is 3.84. The van der Waals surface area contributed by atoms with Gasteiger partial charge in [-0.3, -0.25) is 4.79 Å². The summed E-state index contributed by atoms with van der Waals surface area (Å²) in [6.07, 6.45) is 0.403. The summed E-state index contributed by atoms with van der Waals surface area (Å²) < 4.78 is 0.958. The van der Waals surface area contributed by atoms with Crippen LogP contribution in [0.2, 0.25) is 10.0 Å². The van der Waals surface area contributed by atoms with Gasteiger partial charge in [0.1, 0.15) is 0 Å². The van der Waals surface area contributed by atoms with E-state index in [0.717, 1.165) is 10.2 Å². The average molecular weight is 373 g/mol. The van der Waals surface area contributed by atoms with Crippen molar-refractivity contribution in [3.05, 3.63) is 62.5 Å². The molecule has 0 unspecified atom stereocenters. The van der Waals surface area contributed by atoms with Crippen molar-refractivity contribution in [3.63, 3.8) is 0 Å². The van der Waals surface area contributed by atoms with Crippen LogP contribution in [0.15, 0.2) is 46.9 Å². The maximum absolute atomic E-state index is 12.0. The van der Waals surface area contributed by atoms with E-state index >= 15 is 0 Å². The van der Waals surface area contributed by atoms with Crippen LogP contribution >= 0.6 is 39.1 Å². The molecule has 0 radical (unpaired) electrons. The van der Waals surface area contributed by atoms with Gasteiger partial charge in [-0.2, -0.15) is 0 Å². The number of Topliss-reactive ketones (excluding diaryl/α,β-unsaturated/α-hetero) is 1. The first kappa shape index (κ1) is 15.4. The molecule has 0 amide bonds. The fraction of sp³-hybridized carbons (Fsp3) is 0.133. The smallest absolute Gasteiger partial charge is 0.164 e. The van der Waals surface area contributed by atoms with Gasteiger partial charge in [-0.15, -0.1) is 0 Å². The predicted molar refractivity (Wildman–Crippen MR) is 88.0 cm³/mol. The highest BCUT2D eigenvalue weighted by molar-refractivity contribution is 9.10. The molecule has 0 fully saturated rings. The standard InChI is InChI=1S/C15H12BrCl2NO/c16-11-3-1-10(2-4-11)15(20)7-8-19-14-6-5-12(17)9-13(14)18/h1-6,9,19H,7-8H2. The maximum Gasteiger partial charge on any atom is 0.164 e. The average Bonchev–Trinajstić information content (AvgIpc) is 2.42. The predicted octanol–water partition coefficient (Wildman–Crippen LogP) is 5.44. The Labute approximate surface area is 136 Å². The largest absolute Gasteiger partial charge is 0.383 e. The minimum Gasteiger partial charge on any atom is -0.383 e. The molecule has 0 aromatic heterocycles. The molecular weight excluding hydrogens is 361 g/mol. The number of halogens is 3.